The molecule has 0 aromatic heterocycles. The van der Waals surface area contributed by atoms with E-state index in [1.165, 1.54) is 18.2 Å². The van der Waals surface area contributed by atoms with Crippen molar-refractivity contribution >= 4 is 40.5 Å². The molecule has 1 aliphatic rings. The summed E-state index contributed by atoms with van der Waals surface area (Å²) in [6.45, 7) is 0. The molecule has 1 saturated heterocycles. The number of halogens is 3. The molecule has 1 heterocycles. The first-order valence-electron chi connectivity index (χ1n) is 5.83. The number of para-hydroxylation sites is 1. The van der Waals surface area contributed by atoms with Gasteiger partial charge in [-0.25, -0.2) is 0 Å². The molecule has 3 nitrogen and oxygen atoms in total. The third-order valence-electron chi connectivity index (χ3n) is 2.60. The Hall–Kier alpha value is -1.28. The van der Waals surface area contributed by atoms with E-state index >= 15 is 0 Å². The third-order valence-corrected chi connectivity index (χ3v) is 3.82. The molecule has 0 unspecified atom stereocenters. The van der Waals surface area contributed by atoms with E-state index in [-0.39, 0.29) is 10.8 Å². The number of anilines is 1. The topological polar surface area (TPSA) is 36.4 Å². The van der Waals surface area contributed by atoms with Crippen LogP contribution in [0.25, 0.3) is 0 Å². The lowest BCUT2D eigenvalue weighted by atomic mass is 10.2. The lowest BCUT2D eigenvalue weighted by Gasteiger charge is -2.14. The molecule has 0 saturated carbocycles. The zero-order valence-corrected chi connectivity index (χ0v) is 12.0. The fourth-order valence-corrected chi connectivity index (χ4v) is 2.78. The molecule has 2 N–H and O–H groups in total. The number of benzene rings is 1. The predicted octanol–water partition coefficient (Wildman–Crippen LogP) is 3.48. The lowest BCUT2D eigenvalue weighted by Crippen LogP contribution is -2.26. The molecule has 0 amide bonds. The normalized spacial score (nSPS) is 17.2. The first kappa shape index (κ1) is 15.1. The van der Waals surface area contributed by atoms with Crippen molar-refractivity contribution in [3.63, 3.8) is 0 Å². The highest BCUT2D eigenvalue weighted by molar-refractivity contribution is 8.00. The number of hydrazone groups is 1. The zero-order chi connectivity index (χ0) is 14.6. The number of thiocarbonyl (C=S) groups is 1. The SMILES string of the molecule is FC(F)(F)c1ccccc1NC(=S)N/N=C1\CCSC1. The number of hydrogen-bond acceptors (Lipinski definition) is 3. The van der Waals surface area contributed by atoms with Crippen molar-refractivity contribution in [1.29, 1.82) is 0 Å². The van der Waals surface area contributed by atoms with E-state index in [9.17, 15) is 13.2 Å². The fraction of sp³-hybridized carbons (Fsp3) is 0.333. The largest absolute Gasteiger partial charge is 0.418 e. The molecule has 108 valence electrons. The van der Waals surface area contributed by atoms with Crippen LogP contribution in [0.4, 0.5) is 18.9 Å². The van der Waals surface area contributed by atoms with Crippen molar-refractivity contribution in [1.82, 2.24) is 5.43 Å². The zero-order valence-electron chi connectivity index (χ0n) is 10.3. The summed E-state index contributed by atoms with van der Waals surface area (Å²) in [5, 5.41) is 6.65. The smallest absolute Gasteiger partial charge is 0.331 e. The van der Waals surface area contributed by atoms with E-state index < -0.39 is 11.7 Å². The van der Waals surface area contributed by atoms with Gasteiger partial charge in [0.15, 0.2) is 5.11 Å². The average Bonchev–Trinajstić information content (AvgIpc) is 2.89. The van der Waals surface area contributed by atoms with Crippen molar-refractivity contribution in [2.45, 2.75) is 12.6 Å². The van der Waals surface area contributed by atoms with Gasteiger partial charge in [0.25, 0.3) is 0 Å². The molecule has 1 aromatic rings. The highest BCUT2D eigenvalue weighted by Gasteiger charge is 2.33. The van der Waals surface area contributed by atoms with E-state index in [4.69, 9.17) is 12.2 Å². The monoisotopic (exact) mass is 319 g/mol. The van der Waals surface area contributed by atoms with Gasteiger partial charge in [0.05, 0.1) is 11.3 Å². The van der Waals surface area contributed by atoms with Crippen LogP contribution in [0.5, 0.6) is 0 Å². The molecule has 20 heavy (non-hydrogen) atoms. The molecule has 1 fully saturated rings. The van der Waals surface area contributed by atoms with Gasteiger partial charge in [-0.15, -0.1) is 0 Å². The van der Waals surface area contributed by atoms with Gasteiger partial charge in [-0.3, -0.25) is 5.43 Å². The molecule has 0 bridgehead atoms. The van der Waals surface area contributed by atoms with Crippen LogP contribution in [-0.2, 0) is 6.18 Å². The Balaban J connectivity index is 2.02. The van der Waals surface area contributed by atoms with E-state index in [0.29, 0.717) is 0 Å². The van der Waals surface area contributed by atoms with Crippen LogP contribution in [0.15, 0.2) is 29.4 Å². The number of rotatable bonds is 2. The Morgan fingerprint density at radius 2 is 2.05 bits per heavy atom. The highest BCUT2D eigenvalue weighted by atomic mass is 32.2. The van der Waals surface area contributed by atoms with Crippen LogP contribution >= 0.6 is 24.0 Å². The van der Waals surface area contributed by atoms with Gasteiger partial charge in [-0.2, -0.15) is 30.0 Å². The summed E-state index contributed by atoms with van der Waals surface area (Å²) in [4.78, 5) is 0. The molecule has 0 radical (unpaired) electrons. The number of hydrogen-bond donors (Lipinski definition) is 2. The summed E-state index contributed by atoms with van der Waals surface area (Å²) in [6, 6.07) is 5.18. The first-order chi connectivity index (χ1) is 9.47. The van der Waals surface area contributed by atoms with Gasteiger partial charge in [0.1, 0.15) is 0 Å². The maximum atomic E-state index is 12.8. The summed E-state index contributed by atoms with van der Waals surface area (Å²) in [5.74, 6) is 1.84. The van der Waals surface area contributed by atoms with Crippen molar-refractivity contribution < 1.29 is 13.2 Å². The van der Waals surface area contributed by atoms with Gasteiger partial charge < -0.3 is 5.32 Å². The predicted molar refractivity (Wildman–Crippen MR) is 80.2 cm³/mol. The van der Waals surface area contributed by atoms with Crippen molar-refractivity contribution in [3.8, 4) is 0 Å². The Bertz CT molecular complexity index is 521. The van der Waals surface area contributed by atoms with Crippen LogP contribution in [0.1, 0.15) is 12.0 Å². The lowest BCUT2D eigenvalue weighted by molar-refractivity contribution is -0.136. The highest BCUT2D eigenvalue weighted by Crippen LogP contribution is 2.34. The van der Waals surface area contributed by atoms with E-state index in [2.05, 4.69) is 15.8 Å². The third kappa shape index (κ3) is 4.11. The minimum Gasteiger partial charge on any atom is -0.331 e. The molecular weight excluding hydrogens is 307 g/mol. The van der Waals surface area contributed by atoms with Crippen LogP contribution < -0.4 is 10.7 Å². The minimum atomic E-state index is -4.42. The van der Waals surface area contributed by atoms with Crippen LogP contribution in [0.3, 0.4) is 0 Å². The van der Waals surface area contributed by atoms with Crippen LogP contribution in [0.2, 0.25) is 0 Å². The number of nitrogens with zero attached hydrogens (tertiary/aromatic N) is 1. The number of alkyl halides is 3. The minimum absolute atomic E-state index is 0.0473. The van der Waals surface area contributed by atoms with Crippen LogP contribution in [0, 0.1) is 0 Å². The van der Waals surface area contributed by atoms with Crippen molar-refractivity contribution in [2.24, 2.45) is 5.10 Å². The second kappa shape index (κ2) is 6.45. The summed E-state index contributed by atoms with van der Waals surface area (Å²) >= 11 is 6.71. The Kier molecular flexibility index (Phi) is 4.87. The second-order valence-corrected chi connectivity index (χ2v) is 5.60. The number of nitrogens with one attached hydrogen (secondary N) is 2. The van der Waals surface area contributed by atoms with Gasteiger partial charge in [-0.1, -0.05) is 12.1 Å². The standard InChI is InChI=1S/C12H12F3N3S2/c13-12(14,15)9-3-1-2-4-10(9)16-11(19)18-17-8-5-6-20-7-8/h1-4H,5-7H2,(H2,16,18,19)/b17-8+. The maximum absolute atomic E-state index is 12.8. The van der Waals surface area contributed by atoms with Gasteiger partial charge in [0.2, 0.25) is 0 Å². The molecular formula is C12H12F3N3S2. The molecule has 0 spiro atoms. The van der Waals surface area contributed by atoms with E-state index in [1.54, 1.807) is 11.8 Å². The summed E-state index contributed by atoms with van der Waals surface area (Å²) < 4.78 is 38.4. The molecule has 1 aromatic carbocycles. The first-order valence-corrected chi connectivity index (χ1v) is 7.39. The quantitative estimate of drug-likeness (QED) is 0.646. The Morgan fingerprint density at radius 3 is 2.70 bits per heavy atom. The molecule has 1 aliphatic heterocycles. The summed E-state index contributed by atoms with van der Waals surface area (Å²) in [7, 11) is 0. The van der Waals surface area contributed by atoms with Gasteiger partial charge in [0, 0.05) is 11.5 Å². The molecule has 0 atom stereocenters. The summed E-state index contributed by atoms with van der Waals surface area (Å²) in [5.41, 5.74) is 2.70. The molecule has 2 rings (SSSR count). The van der Waals surface area contributed by atoms with E-state index in [0.717, 1.165) is 29.7 Å². The maximum Gasteiger partial charge on any atom is 0.418 e. The molecule has 8 heteroatoms. The average molecular weight is 319 g/mol. The van der Waals surface area contributed by atoms with Crippen molar-refractivity contribution in [2.75, 3.05) is 16.8 Å². The Morgan fingerprint density at radius 1 is 1.30 bits per heavy atom. The van der Waals surface area contributed by atoms with Crippen LogP contribution in [-0.4, -0.2) is 22.3 Å². The Labute approximate surface area is 124 Å². The van der Waals surface area contributed by atoms with Gasteiger partial charge >= 0.3 is 6.18 Å². The molecule has 0 aliphatic carbocycles. The van der Waals surface area contributed by atoms with Gasteiger partial charge in [-0.05, 0) is 36.5 Å². The second-order valence-electron chi connectivity index (χ2n) is 4.09. The number of thioether (sulfide) groups is 1. The fourth-order valence-electron chi connectivity index (χ4n) is 1.66. The van der Waals surface area contributed by atoms with E-state index in [1.807, 2.05) is 0 Å². The summed E-state index contributed by atoms with van der Waals surface area (Å²) in [6.07, 6.45) is -3.55. The van der Waals surface area contributed by atoms with Crippen molar-refractivity contribution in [3.05, 3.63) is 29.8 Å².